The van der Waals surface area contributed by atoms with Crippen LogP contribution < -0.4 is 5.73 Å². The Morgan fingerprint density at radius 3 is 2.41 bits per heavy atom. The number of aryl methyl sites for hydroxylation is 1. The van der Waals surface area contributed by atoms with Crippen molar-refractivity contribution in [2.75, 3.05) is 26.2 Å². The van der Waals surface area contributed by atoms with Gasteiger partial charge in [0.2, 0.25) is 0 Å². The fraction of sp³-hybridized carbons (Fsp3) is 0.500. The number of pyridine rings is 1. The molecule has 2 N–H and O–H groups in total. The van der Waals surface area contributed by atoms with Gasteiger partial charge in [-0.25, -0.2) is 19.8 Å². The molecular weight excluding hydrogens is 370 g/mol. The van der Waals surface area contributed by atoms with Gasteiger partial charge in [-0.1, -0.05) is 6.07 Å². The molecule has 2 aromatic heterocycles. The minimum absolute atomic E-state index is 0.285. The number of carbonyl (C=O) groups excluding carboxylic acids is 1. The number of ether oxygens (including phenoxy) is 1. The van der Waals surface area contributed by atoms with Crippen molar-refractivity contribution in [2.45, 2.75) is 39.8 Å². The molecule has 9 heteroatoms. The van der Waals surface area contributed by atoms with Crippen molar-refractivity contribution in [1.29, 1.82) is 0 Å². The molecule has 0 atom stereocenters. The van der Waals surface area contributed by atoms with Gasteiger partial charge in [-0.05, 0) is 39.3 Å². The van der Waals surface area contributed by atoms with Crippen molar-refractivity contribution >= 4 is 12.1 Å². The number of piperazine rings is 1. The SMILES string of the molecule is Cc1nccn1-c1ccc(CN=C(N)N2CCN(C(=O)OC(C)(C)C)CC2)cn1. The second-order valence-electron chi connectivity index (χ2n) is 8.00. The van der Waals surface area contributed by atoms with Crippen molar-refractivity contribution < 1.29 is 9.53 Å². The van der Waals surface area contributed by atoms with Crippen LogP contribution >= 0.6 is 0 Å². The van der Waals surface area contributed by atoms with Crippen LogP contribution in [0.1, 0.15) is 32.2 Å². The van der Waals surface area contributed by atoms with E-state index in [1.165, 1.54) is 0 Å². The van der Waals surface area contributed by atoms with Crippen LogP contribution in [0.3, 0.4) is 0 Å². The Bertz CT molecular complexity index is 860. The molecule has 0 saturated carbocycles. The molecule has 1 aliphatic heterocycles. The number of nitrogens with two attached hydrogens (primary N) is 1. The van der Waals surface area contributed by atoms with Crippen molar-refractivity contribution in [2.24, 2.45) is 10.7 Å². The second-order valence-corrected chi connectivity index (χ2v) is 8.00. The number of imidazole rings is 1. The molecule has 156 valence electrons. The van der Waals surface area contributed by atoms with E-state index in [0.29, 0.717) is 38.7 Å². The summed E-state index contributed by atoms with van der Waals surface area (Å²) in [7, 11) is 0. The number of rotatable bonds is 3. The van der Waals surface area contributed by atoms with Gasteiger partial charge in [0.1, 0.15) is 17.2 Å². The van der Waals surface area contributed by atoms with Gasteiger partial charge in [0.15, 0.2) is 5.96 Å². The molecule has 0 aromatic carbocycles. The summed E-state index contributed by atoms with van der Waals surface area (Å²) >= 11 is 0. The molecule has 0 unspecified atom stereocenters. The third-order valence-electron chi connectivity index (χ3n) is 4.56. The van der Waals surface area contributed by atoms with E-state index in [4.69, 9.17) is 10.5 Å². The Morgan fingerprint density at radius 2 is 1.86 bits per heavy atom. The Balaban J connectivity index is 1.52. The molecule has 2 aromatic rings. The first kappa shape index (κ1) is 20.6. The molecule has 1 amide bonds. The molecule has 0 spiro atoms. The lowest BCUT2D eigenvalue weighted by atomic mass is 10.2. The predicted octanol–water partition coefficient (Wildman–Crippen LogP) is 1.94. The van der Waals surface area contributed by atoms with Gasteiger partial charge < -0.3 is 20.3 Å². The number of aliphatic imine (C=N–C) groups is 1. The van der Waals surface area contributed by atoms with Crippen molar-refractivity contribution in [3.05, 3.63) is 42.1 Å². The van der Waals surface area contributed by atoms with Gasteiger partial charge in [0.25, 0.3) is 0 Å². The summed E-state index contributed by atoms with van der Waals surface area (Å²) in [5.74, 6) is 2.18. The van der Waals surface area contributed by atoms with Gasteiger partial charge >= 0.3 is 6.09 Å². The first-order valence-corrected chi connectivity index (χ1v) is 9.71. The number of nitrogens with zero attached hydrogens (tertiary/aromatic N) is 6. The van der Waals surface area contributed by atoms with Crippen LogP contribution in [-0.2, 0) is 11.3 Å². The number of amides is 1. The highest BCUT2D eigenvalue weighted by atomic mass is 16.6. The number of hydrogen-bond donors (Lipinski definition) is 1. The quantitative estimate of drug-likeness (QED) is 0.625. The monoisotopic (exact) mass is 399 g/mol. The summed E-state index contributed by atoms with van der Waals surface area (Å²) in [6, 6.07) is 3.92. The summed E-state index contributed by atoms with van der Waals surface area (Å²) in [6.07, 6.45) is 5.14. The molecule has 9 nitrogen and oxygen atoms in total. The van der Waals surface area contributed by atoms with Crippen molar-refractivity contribution in [3.63, 3.8) is 0 Å². The van der Waals surface area contributed by atoms with Gasteiger partial charge in [0.05, 0.1) is 6.54 Å². The first-order valence-electron chi connectivity index (χ1n) is 9.71. The molecule has 3 heterocycles. The average Bonchev–Trinajstić information content (AvgIpc) is 3.11. The molecule has 0 aliphatic carbocycles. The lowest BCUT2D eigenvalue weighted by molar-refractivity contribution is 0.0186. The van der Waals surface area contributed by atoms with Gasteiger partial charge in [-0.15, -0.1) is 0 Å². The minimum Gasteiger partial charge on any atom is -0.444 e. The number of hydrogen-bond acceptors (Lipinski definition) is 5. The van der Waals surface area contributed by atoms with Crippen LogP contribution in [0, 0.1) is 6.92 Å². The Kier molecular flexibility index (Phi) is 6.05. The molecule has 1 fully saturated rings. The fourth-order valence-electron chi connectivity index (χ4n) is 2.99. The van der Waals surface area contributed by atoms with Crippen LogP contribution in [0.25, 0.3) is 5.82 Å². The Hall–Kier alpha value is -3.10. The molecule has 3 rings (SSSR count). The largest absolute Gasteiger partial charge is 0.444 e. The predicted molar refractivity (Wildman–Crippen MR) is 111 cm³/mol. The van der Waals surface area contributed by atoms with E-state index in [2.05, 4.69) is 15.0 Å². The standard InChI is InChI=1S/C20H29N7O2/c1-15-22-7-8-27(15)17-6-5-16(13-23-17)14-24-18(21)25-9-11-26(12-10-25)19(28)29-20(2,3)4/h5-8,13H,9-12,14H2,1-4H3,(H2,21,24). The van der Waals surface area contributed by atoms with Crippen LogP contribution in [0.4, 0.5) is 4.79 Å². The van der Waals surface area contributed by atoms with E-state index in [0.717, 1.165) is 17.2 Å². The third-order valence-corrected chi connectivity index (χ3v) is 4.56. The minimum atomic E-state index is -0.491. The van der Waals surface area contributed by atoms with Crippen LogP contribution in [0.15, 0.2) is 35.7 Å². The first-order chi connectivity index (χ1) is 13.7. The zero-order chi connectivity index (χ0) is 21.0. The molecule has 29 heavy (non-hydrogen) atoms. The highest BCUT2D eigenvalue weighted by Gasteiger charge is 2.26. The zero-order valence-corrected chi connectivity index (χ0v) is 17.5. The lowest BCUT2D eigenvalue weighted by Gasteiger charge is -2.36. The number of aromatic nitrogens is 3. The maximum absolute atomic E-state index is 12.1. The van der Waals surface area contributed by atoms with Gasteiger partial charge in [-0.3, -0.25) is 4.57 Å². The number of guanidine groups is 1. The van der Waals surface area contributed by atoms with E-state index >= 15 is 0 Å². The fourth-order valence-corrected chi connectivity index (χ4v) is 2.99. The number of carbonyl (C=O) groups is 1. The van der Waals surface area contributed by atoms with Crippen LogP contribution in [0.2, 0.25) is 0 Å². The maximum Gasteiger partial charge on any atom is 0.410 e. The smallest absolute Gasteiger partial charge is 0.410 e. The van der Waals surface area contributed by atoms with Crippen molar-refractivity contribution in [1.82, 2.24) is 24.3 Å². The van der Waals surface area contributed by atoms with Gasteiger partial charge in [0, 0.05) is 44.8 Å². The molecule has 0 radical (unpaired) electrons. The molecular formula is C20H29N7O2. The highest BCUT2D eigenvalue weighted by Crippen LogP contribution is 2.12. The summed E-state index contributed by atoms with van der Waals surface area (Å²) in [5, 5.41) is 0. The van der Waals surface area contributed by atoms with E-state index in [1.807, 2.05) is 55.5 Å². The van der Waals surface area contributed by atoms with E-state index < -0.39 is 5.60 Å². The van der Waals surface area contributed by atoms with Gasteiger partial charge in [-0.2, -0.15) is 0 Å². The van der Waals surface area contributed by atoms with E-state index in [9.17, 15) is 4.79 Å². The van der Waals surface area contributed by atoms with E-state index in [1.54, 1.807) is 17.3 Å². The third kappa shape index (κ3) is 5.46. The van der Waals surface area contributed by atoms with Crippen LogP contribution in [0.5, 0.6) is 0 Å². The van der Waals surface area contributed by atoms with E-state index in [-0.39, 0.29) is 6.09 Å². The normalized spacial score (nSPS) is 15.5. The van der Waals surface area contributed by atoms with Crippen LogP contribution in [-0.4, -0.2) is 68.2 Å². The van der Waals surface area contributed by atoms with Crippen molar-refractivity contribution in [3.8, 4) is 5.82 Å². The summed E-state index contributed by atoms with van der Waals surface area (Å²) in [4.78, 5) is 29.0. The second kappa shape index (κ2) is 8.50. The summed E-state index contributed by atoms with van der Waals surface area (Å²) in [6.45, 7) is 10.4. The Labute approximate surface area is 171 Å². The summed E-state index contributed by atoms with van der Waals surface area (Å²) in [5.41, 5.74) is 6.64. The lowest BCUT2D eigenvalue weighted by Crippen LogP contribution is -2.53. The Morgan fingerprint density at radius 1 is 1.17 bits per heavy atom. The molecule has 0 bridgehead atoms. The topological polar surface area (TPSA) is 102 Å². The zero-order valence-electron chi connectivity index (χ0n) is 17.5. The average molecular weight is 399 g/mol. The maximum atomic E-state index is 12.1. The summed E-state index contributed by atoms with van der Waals surface area (Å²) < 4.78 is 7.34. The highest BCUT2D eigenvalue weighted by molar-refractivity contribution is 5.78. The molecule has 1 saturated heterocycles. The molecule has 1 aliphatic rings.